The first-order valence-electron chi connectivity index (χ1n) is 10.4. The fraction of sp³-hybridized carbons (Fsp3) is 0.667. The summed E-state index contributed by atoms with van der Waals surface area (Å²) >= 11 is 0. The van der Waals surface area contributed by atoms with E-state index in [0.29, 0.717) is 19.2 Å². The van der Waals surface area contributed by atoms with Crippen LogP contribution in [-0.4, -0.2) is 74.2 Å². The van der Waals surface area contributed by atoms with E-state index in [1.54, 1.807) is 0 Å². The van der Waals surface area contributed by atoms with Crippen LogP contribution in [0.4, 0.5) is 0 Å². The second-order valence-corrected chi connectivity index (χ2v) is 6.94. The molecule has 1 unspecified atom stereocenters. The molecule has 0 bridgehead atoms. The van der Waals surface area contributed by atoms with E-state index in [1.807, 2.05) is 25.1 Å². The molecule has 1 aromatic carbocycles. The largest absolute Gasteiger partial charge is 0.494 e. The Balaban J connectivity index is 0.00000392. The lowest BCUT2D eigenvalue weighted by molar-refractivity contribution is 0.107. The van der Waals surface area contributed by atoms with Crippen molar-refractivity contribution < 1.29 is 4.74 Å². The van der Waals surface area contributed by atoms with Gasteiger partial charge in [0.1, 0.15) is 5.75 Å². The minimum Gasteiger partial charge on any atom is -0.494 e. The minimum atomic E-state index is 0. The Labute approximate surface area is 188 Å². The fourth-order valence-electron chi connectivity index (χ4n) is 3.33. The molecule has 0 aliphatic carbocycles. The van der Waals surface area contributed by atoms with Gasteiger partial charge in [-0.1, -0.05) is 25.1 Å². The lowest BCUT2D eigenvalue weighted by Gasteiger charge is -2.37. The van der Waals surface area contributed by atoms with E-state index in [9.17, 15) is 0 Å². The van der Waals surface area contributed by atoms with Crippen molar-refractivity contribution in [1.29, 1.82) is 0 Å². The zero-order valence-corrected chi connectivity index (χ0v) is 20.2. The Morgan fingerprint density at radius 3 is 2.46 bits per heavy atom. The van der Waals surface area contributed by atoms with Crippen molar-refractivity contribution in [3.8, 4) is 5.75 Å². The number of ether oxygens (including phenoxy) is 1. The third-order valence-corrected chi connectivity index (χ3v) is 5.07. The number of piperazine rings is 1. The van der Waals surface area contributed by atoms with E-state index in [1.165, 1.54) is 13.1 Å². The van der Waals surface area contributed by atoms with Crippen LogP contribution in [0.15, 0.2) is 29.3 Å². The molecule has 0 saturated carbocycles. The molecule has 0 aromatic heterocycles. The van der Waals surface area contributed by atoms with E-state index in [4.69, 9.17) is 9.73 Å². The molecular formula is C21H38IN5O. The maximum Gasteiger partial charge on any atom is 0.191 e. The highest BCUT2D eigenvalue weighted by Crippen LogP contribution is 2.18. The number of para-hydroxylation sites is 1. The van der Waals surface area contributed by atoms with Crippen LogP contribution in [0.1, 0.15) is 33.3 Å². The number of benzene rings is 1. The average Bonchev–Trinajstić information content (AvgIpc) is 2.71. The summed E-state index contributed by atoms with van der Waals surface area (Å²) in [6.07, 6.45) is 0. The Bertz CT molecular complexity index is 576. The molecule has 1 heterocycles. The number of hydrogen-bond donors (Lipinski definition) is 2. The van der Waals surface area contributed by atoms with Gasteiger partial charge in [-0.3, -0.25) is 4.90 Å². The predicted octanol–water partition coefficient (Wildman–Crippen LogP) is 2.78. The van der Waals surface area contributed by atoms with Gasteiger partial charge < -0.3 is 20.3 Å². The molecule has 0 spiro atoms. The Morgan fingerprint density at radius 1 is 1.11 bits per heavy atom. The summed E-state index contributed by atoms with van der Waals surface area (Å²) in [6.45, 7) is 17.4. The van der Waals surface area contributed by atoms with Gasteiger partial charge >= 0.3 is 0 Å². The molecule has 1 atom stereocenters. The Hall–Kier alpha value is -1.06. The first-order valence-corrected chi connectivity index (χ1v) is 10.4. The molecule has 1 aliphatic rings. The maximum atomic E-state index is 5.70. The van der Waals surface area contributed by atoms with E-state index in [2.05, 4.69) is 47.3 Å². The third-order valence-electron chi connectivity index (χ3n) is 5.07. The third kappa shape index (κ3) is 8.13. The van der Waals surface area contributed by atoms with Crippen LogP contribution in [0.25, 0.3) is 0 Å². The monoisotopic (exact) mass is 503 g/mol. The van der Waals surface area contributed by atoms with Crippen LogP contribution < -0.4 is 15.4 Å². The average molecular weight is 503 g/mol. The van der Waals surface area contributed by atoms with Gasteiger partial charge in [0.2, 0.25) is 0 Å². The van der Waals surface area contributed by atoms with Gasteiger partial charge in [-0.2, -0.15) is 0 Å². The van der Waals surface area contributed by atoms with Crippen molar-refractivity contribution in [3.05, 3.63) is 29.8 Å². The molecule has 1 saturated heterocycles. The molecule has 1 aromatic rings. The van der Waals surface area contributed by atoms with Crippen molar-refractivity contribution in [2.45, 2.75) is 40.3 Å². The van der Waals surface area contributed by atoms with Crippen molar-refractivity contribution >= 4 is 29.9 Å². The van der Waals surface area contributed by atoms with Gasteiger partial charge in [0.25, 0.3) is 0 Å². The Kier molecular flexibility index (Phi) is 12.5. The number of guanidine groups is 1. The van der Waals surface area contributed by atoms with Crippen LogP contribution in [0, 0.1) is 0 Å². The van der Waals surface area contributed by atoms with Crippen molar-refractivity contribution in [3.63, 3.8) is 0 Å². The summed E-state index contributed by atoms with van der Waals surface area (Å²) in [5.41, 5.74) is 1.11. The normalized spacial score (nSPS) is 16.9. The highest BCUT2D eigenvalue weighted by Gasteiger charge is 2.20. The van der Waals surface area contributed by atoms with Crippen LogP contribution in [0.3, 0.4) is 0 Å². The van der Waals surface area contributed by atoms with Gasteiger partial charge in [-0.05, 0) is 33.4 Å². The van der Waals surface area contributed by atoms with Crippen molar-refractivity contribution in [1.82, 2.24) is 20.4 Å². The highest BCUT2D eigenvalue weighted by atomic mass is 127. The summed E-state index contributed by atoms with van der Waals surface area (Å²) in [5, 5.41) is 6.86. The molecule has 0 radical (unpaired) electrons. The quantitative estimate of drug-likeness (QED) is 0.309. The molecule has 2 rings (SSSR count). The predicted molar refractivity (Wildman–Crippen MR) is 129 cm³/mol. The smallest absolute Gasteiger partial charge is 0.191 e. The number of nitrogens with zero attached hydrogens (tertiary/aromatic N) is 3. The lowest BCUT2D eigenvalue weighted by Crippen LogP contribution is -2.53. The Morgan fingerprint density at radius 2 is 1.82 bits per heavy atom. The van der Waals surface area contributed by atoms with Gasteiger partial charge in [0.05, 0.1) is 13.2 Å². The second-order valence-electron chi connectivity index (χ2n) is 6.94. The van der Waals surface area contributed by atoms with E-state index in [-0.39, 0.29) is 24.0 Å². The molecule has 2 N–H and O–H groups in total. The molecule has 6 nitrogen and oxygen atoms in total. The van der Waals surface area contributed by atoms with Crippen LogP contribution in [-0.2, 0) is 6.54 Å². The number of rotatable bonds is 9. The SMILES string of the molecule is CCNC(=NCc1ccccc1OCC)NCC(C)N1CCN(CC)CC1.I. The summed E-state index contributed by atoms with van der Waals surface area (Å²) in [6, 6.07) is 8.61. The molecule has 160 valence electrons. The highest BCUT2D eigenvalue weighted by molar-refractivity contribution is 14.0. The second kappa shape index (κ2) is 14.0. The summed E-state index contributed by atoms with van der Waals surface area (Å²) in [5.74, 6) is 1.78. The van der Waals surface area contributed by atoms with E-state index < -0.39 is 0 Å². The minimum absolute atomic E-state index is 0. The summed E-state index contributed by atoms with van der Waals surface area (Å²) < 4.78 is 5.70. The summed E-state index contributed by atoms with van der Waals surface area (Å²) in [7, 11) is 0. The molecule has 1 aliphatic heterocycles. The standard InChI is InChI=1S/C21H37N5O.HI/c1-5-22-21(24-17-19-10-8-9-11-20(19)27-7-3)23-16-18(4)26-14-12-25(6-2)13-15-26;/h8-11,18H,5-7,12-17H2,1-4H3,(H2,22,23,24);1H. The topological polar surface area (TPSA) is 52.1 Å². The van der Waals surface area contributed by atoms with E-state index in [0.717, 1.165) is 50.0 Å². The van der Waals surface area contributed by atoms with Gasteiger partial charge in [0, 0.05) is 50.9 Å². The molecule has 7 heteroatoms. The number of aliphatic imine (C=N–C) groups is 1. The van der Waals surface area contributed by atoms with Crippen molar-refractivity contribution in [2.24, 2.45) is 4.99 Å². The molecule has 0 amide bonds. The van der Waals surface area contributed by atoms with Gasteiger partial charge in [-0.15, -0.1) is 24.0 Å². The first-order chi connectivity index (χ1) is 13.2. The lowest BCUT2D eigenvalue weighted by atomic mass is 10.2. The van der Waals surface area contributed by atoms with Gasteiger partial charge in [0.15, 0.2) is 5.96 Å². The van der Waals surface area contributed by atoms with Crippen molar-refractivity contribution in [2.75, 3.05) is 52.4 Å². The fourth-order valence-corrected chi connectivity index (χ4v) is 3.33. The van der Waals surface area contributed by atoms with Crippen LogP contribution >= 0.6 is 24.0 Å². The summed E-state index contributed by atoms with van der Waals surface area (Å²) in [4.78, 5) is 9.83. The van der Waals surface area contributed by atoms with Crippen LogP contribution in [0.5, 0.6) is 5.75 Å². The molecular weight excluding hydrogens is 465 g/mol. The number of halogens is 1. The number of likely N-dealkylation sites (N-methyl/N-ethyl adjacent to an activating group) is 1. The van der Waals surface area contributed by atoms with Crippen LogP contribution in [0.2, 0.25) is 0 Å². The molecule has 28 heavy (non-hydrogen) atoms. The zero-order chi connectivity index (χ0) is 19.5. The first kappa shape index (κ1) is 25.0. The number of hydrogen-bond acceptors (Lipinski definition) is 4. The van der Waals surface area contributed by atoms with E-state index >= 15 is 0 Å². The maximum absolute atomic E-state index is 5.70. The van der Waals surface area contributed by atoms with Gasteiger partial charge in [-0.25, -0.2) is 4.99 Å². The molecule has 1 fully saturated rings. The zero-order valence-electron chi connectivity index (χ0n) is 17.9. The number of nitrogens with one attached hydrogen (secondary N) is 2.